The van der Waals surface area contributed by atoms with Crippen molar-refractivity contribution in [2.24, 2.45) is 10.4 Å². The minimum atomic E-state index is -0.570. The van der Waals surface area contributed by atoms with Crippen molar-refractivity contribution in [3.63, 3.8) is 0 Å². The molecule has 0 fully saturated rings. The molecule has 23 heavy (non-hydrogen) atoms. The maximum atomic E-state index is 12.0. The van der Waals surface area contributed by atoms with Crippen LogP contribution in [0.4, 0.5) is 0 Å². The zero-order valence-corrected chi connectivity index (χ0v) is 15.6. The Kier molecular flexibility index (Phi) is 8.64. The number of guanidine groups is 1. The first-order valence-electron chi connectivity index (χ1n) is 8.13. The first-order valence-corrected chi connectivity index (χ1v) is 8.13. The minimum absolute atomic E-state index is 0.0196. The van der Waals surface area contributed by atoms with Crippen LogP contribution in [0.1, 0.15) is 48.5 Å². The average Bonchev–Trinajstić information content (AvgIpc) is 2.40. The van der Waals surface area contributed by atoms with Crippen LogP contribution in [-0.2, 0) is 9.59 Å². The van der Waals surface area contributed by atoms with Crippen LogP contribution in [0.5, 0.6) is 0 Å². The van der Waals surface area contributed by atoms with Crippen LogP contribution >= 0.6 is 0 Å². The van der Waals surface area contributed by atoms with Crippen molar-refractivity contribution in [3.05, 3.63) is 0 Å². The molecule has 0 radical (unpaired) electrons. The van der Waals surface area contributed by atoms with E-state index in [1.54, 1.807) is 0 Å². The number of carbonyl (C=O) groups is 2. The smallest absolute Gasteiger partial charge is 0.242 e. The molecule has 0 aromatic carbocycles. The summed E-state index contributed by atoms with van der Waals surface area (Å²) in [5.74, 6) is 0.362. The molecule has 4 N–H and O–H groups in total. The van der Waals surface area contributed by atoms with E-state index < -0.39 is 5.41 Å². The second-order valence-electron chi connectivity index (χ2n) is 7.09. The number of nitrogens with zero attached hydrogens (tertiary/aromatic N) is 1. The lowest BCUT2D eigenvalue weighted by molar-refractivity contribution is -0.129. The van der Waals surface area contributed by atoms with E-state index >= 15 is 0 Å². The Labute approximate surface area is 140 Å². The number of amides is 2. The Morgan fingerprint density at radius 3 is 1.96 bits per heavy atom. The molecule has 0 unspecified atom stereocenters. The molecule has 0 bridgehead atoms. The molecule has 0 rings (SSSR count). The molecular formula is C16H33N5O2. The van der Waals surface area contributed by atoms with Crippen LogP contribution in [0.15, 0.2) is 4.99 Å². The predicted octanol–water partition coefficient (Wildman–Crippen LogP) is 0.619. The quantitative estimate of drug-likeness (QED) is 0.407. The lowest BCUT2D eigenvalue weighted by atomic mass is 9.92. The van der Waals surface area contributed by atoms with Crippen LogP contribution in [0.25, 0.3) is 0 Å². The van der Waals surface area contributed by atoms with E-state index in [4.69, 9.17) is 0 Å². The van der Waals surface area contributed by atoms with Crippen molar-refractivity contribution < 1.29 is 9.59 Å². The highest BCUT2D eigenvalue weighted by atomic mass is 16.2. The van der Waals surface area contributed by atoms with Gasteiger partial charge in [0.1, 0.15) is 6.54 Å². The van der Waals surface area contributed by atoms with E-state index in [0.29, 0.717) is 25.6 Å². The van der Waals surface area contributed by atoms with Gasteiger partial charge in [-0.3, -0.25) is 9.59 Å². The number of hydrogen-bond acceptors (Lipinski definition) is 3. The highest BCUT2D eigenvalue weighted by molar-refractivity contribution is 5.86. The summed E-state index contributed by atoms with van der Waals surface area (Å²) in [4.78, 5) is 28.1. The Balaban J connectivity index is 4.65. The molecule has 0 aromatic rings. The summed E-state index contributed by atoms with van der Waals surface area (Å²) in [5, 5.41) is 11.9. The monoisotopic (exact) mass is 327 g/mol. The molecule has 0 atom stereocenters. The maximum Gasteiger partial charge on any atom is 0.242 e. The van der Waals surface area contributed by atoms with Crippen LogP contribution in [0.2, 0.25) is 0 Å². The van der Waals surface area contributed by atoms with Crippen LogP contribution in [-0.4, -0.2) is 49.5 Å². The first kappa shape index (κ1) is 21.2. The van der Waals surface area contributed by atoms with Crippen molar-refractivity contribution in [2.45, 2.75) is 54.0 Å². The molecule has 134 valence electrons. The number of aliphatic imine (C=N–C) groups is 1. The van der Waals surface area contributed by atoms with Gasteiger partial charge in [-0.05, 0) is 48.5 Å². The molecule has 0 aliphatic heterocycles. The van der Waals surface area contributed by atoms with Gasteiger partial charge in [0, 0.05) is 25.2 Å². The molecule has 0 heterocycles. The van der Waals surface area contributed by atoms with E-state index in [0.717, 1.165) is 0 Å². The van der Waals surface area contributed by atoms with Gasteiger partial charge in [0.15, 0.2) is 5.96 Å². The van der Waals surface area contributed by atoms with E-state index in [1.807, 2.05) is 48.5 Å². The summed E-state index contributed by atoms with van der Waals surface area (Å²) in [5.41, 5.74) is -0.849. The molecular weight excluding hydrogens is 294 g/mol. The Morgan fingerprint density at radius 1 is 0.913 bits per heavy atom. The van der Waals surface area contributed by atoms with Gasteiger partial charge in [0.05, 0.1) is 5.41 Å². The van der Waals surface area contributed by atoms with E-state index in [-0.39, 0.29) is 23.9 Å². The summed E-state index contributed by atoms with van der Waals surface area (Å²) in [6.07, 6.45) is 0. The molecule has 0 spiro atoms. The third-order valence-electron chi connectivity index (χ3n) is 2.89. The second kappa shape index (κ2) is 9.37. The Bertz CT molecular complexity index is 425. The van der Waals surface area contributed by atoms with Crippen LogP contribution in [0, 0.1) is 5.41 Å². The predicted molar refractivity (Wildman–Crippen MR) is 94.3 cm³/mol. The number of carbonyl (C=O) groups excluding carboxylic acids is 2. The van der Waals surface area contributed by atoms with E-state index in [2.05, 4.69) is 26.3 Å². The highest BCUT2D eigenvalue weighted by Crippen LogP contribution is 2.13. The second-order valence-corrected chi connectivity index (χ2v) is 7.09. The van der Waals surface area contributed by atoms with Gasteiger partial charge in [0.25, 0.3) is 0 Å². The third kappa shape index (κ3) is 9.76. The molecule has 7 heteroatoms. The van der Waals surface area contributed by atoms with E-state index in [9.17, 15) is 9.59 Å². The van der Waals surface area contributed by atoms with Gasteiger partial charge >= 0.3 is 0 Å². The Morgan fingerprint density at radius 2 is 1.48 bits per heavy atom. The standard InChI is InChI=1S/C16H33N5O2/c1-8-17-13(23)16(6,7)11-20-14(18-9-2)19-10-12(22)21-15(3,4)5/h8-11H2,1-7H3,(H,17,23)(H,21,22)(H2,18,19,20). The first-order chi connectivity index (χ1) is 10.5. The molecule has 0 saturated carbocycles. The van der Waals surface area contributed by atoms with E-state index in [1.165, 1.54) is 0 Å². The van der Waals surface area contributed by atoms with Crippen molar-refractivity contribution in [2.75, 3.05) is 26.2 Å². The van der Waals surface area contributed by atoms with Crippen molar-refractivity contribution in [1.82, 2.24) is 21.3 Å². The van der Waals surface area contributed by atoms with Gasteiger partial charge in [-0.15, -0.1) is 0 Å². The fourth-order valence-electron chi connectivity index (χ4n) is 1.74. The molecule has 0 aromatic heterocycles. The van der Waals surface area contributed by atoms with Gasteiger partial charge < -0.3 is 21.3 Å². The average molecular weight is 327 g/mol. The highest BCUT2D eigenvalue weighted by Gasteiger charge is 2.27. The summed E-state index contributed by atoms with van der Waals surface area (Å²) < 4.78 is 0. The fraction of sp³-hybridized carbons (Fsp3) is 0.812. The number of hydrogen-bond donors (Lipinski definition) is 4. The fourth-order valence-corrected chi connectivity index (χ4v) is 1.74. The Hall–Kier alpha value is -1.79. The van der Waals surface area contributed by atoms with Gasteiger partial charge in [-0.1, -0.05) is 0 Å². The van der Waals surface area contributed by atoms with Crippen molar-refractivity contribution in [1.29, 1.82) is 0 Å². The van der Waals surface area contributed by atoms with Gasteiger partial charge in [0.2, 0.25) is 11.8 Å². The summed E-state index contributed by atoms with van der Waals surface area (Å²) in [6.45, 7) is 15.1. The number of nitrogens with one attached hydrogen (secondary N) is 4. The molecule has 0 aliphatic rings. The third-order valence-corrected chi connectivity index (χ3v) is 2.89. The zero-order valence-electron chi connectivity index (χ0n) is 15.6. The van der Waals surface area contributed by atoms with Crippen LogP contribution < -0.4 is 21.3 Å². The zero-order chi connectivity index (χ0) is 18.1. The summed E-state index contributed by atoms with van der Waals surface area (Å²) in [7, 11) is 0. The van der Waals surface area contributed by atoms with Crippen molar-refractivity contribution >= 4 is 17.8 Å². The number of rotatable bonds is 7. The summed E-state index contributed by atoms with van der Waals surface area (Å²) >= 11 is 0. The lowest BCUT2D eigenvalue weighted by Gasteiger charge is -2.25. The van der Waals surface area contributed by atoms with Crippen LogP contribution in [0.3, 0.4) is 0 Å². The topological polar surface area (TPSA) is 94.6 Å². The van der Waals surface area contributed by atoms with Crippen molar-refractivity contribution in [3.8, 4) is 0 Å². The minimum Gasteiger partial charge on any atom is -0.357 e. The lowest BCUT2D eigenvalue weighted by Crippen LogP contribution is -2.48. The maximum absolute atomic E-state index is 12.0. The molecule has 0 saturated heterocycles. The van der Waals surface area contributed by atoms with Gasteiger partial charge in [-0.25, -0.2) is 4.99 Å². The molecule has 0 aliphatic carbocycles. The molecule has 7 nitrogen and oxygen atoms in total. The normalized spacial score (nSPS) is 12.6. The van der Waals surface area contributed by atoms with Gasteiger partial charge in [-0.2, -0.15) is 0 Å². The molecule has 2 amide bonds. The largest absolute Gasteiger partial charge is 0.357 e. The SMILES string of the molecule is CCNC(=O)C(C)(C)CNC(=NCC(=O)NC(C)(C)C)NCC. The summed E-state index contributed by atoms with van der Waals surface area (Å²) in [6, 6.07) is 0.